The van der Waals surface area contributed by atoms with E-state index in [-0.39, 0.29) is 24.0 Å². The molecule has 0 saturated heterocycles. The predicted octanol–water partition coefficient (Wildman–Crippen LogP) is 3.85. The molecule has 0 aromatic carbocycles. The summed E-state index contributed by atoms with van der Waals surface area (Å²) < 4.78 is 0. The van der Waals surface area contributed by atoms with Crippen LogP contribution in [0.5, 0.6) is 0 Å². The van der Waals surface area contributed by atoms with E-state index in [9.17, 15) is 0 Å². The summed E-state index contributed by atoms with van der Waals surface area (Å²) in [6.45, 7) is 8.39. The van der Waals surface area contributed by atoms with Crippen molar-refractivity contribution in [3.63, 3.8) is 0 Å². The Morgan fingerprint density at radius 1 is 1.32 bits per heavy atom. The summed E-state index contributed by atoms with van der Waals surface area (Å²) in [6.07, 6.45) is 1.18. The van der Waals surface area contributed by atoms with Gasteiger partial charge in [-0.15, -0.1) is 46.7 Å². The molecule has 3 rings (SSSR count). The lowest BCUT2D eigenvalue weighted by molar-refractivity contribution is 0.192. The van der Waals surface area contributed by atoms with E-state index in [2.05, 4.69) is 58.0 Å². The Kier molecular flexibility index (Phi) is 8.18. The number of guanidine groups is 1. The molecular formula is C18H27IN4S2. The first-order valence-electron chi connectivity index (χ1n) is 8.45. The smallest absolute Gasteiger partial charge is 0.191 e. The van der Waals surface area contributed by atoms with Gasteiger partial charge < -0.3 is 10.6 Å². The number of nitrogens with one attached hydrogen (secondary N) is 2. The molecule has 0 aliphatic carbocycles. The molecule has 0 bridgehead atoms. The third-order valence-electron chi connectivity index (χ3n) is 4.48. The van der Waals surface area contributed by atoms with E-state index in [1.165, 1.54) is 21.7 Å². The number of thiophene rings is 2. The highest BCUT2D eigenvalue weighted by Gasteiger charge is 2.21. The fourth-order valence-corrected chi connectivity index (χ4v) is 4.71. The van der Waals surface area contributed by atoms with E-state index in [1.807, 2.05) is 29.7 Å². The largest absolute Gasteiger partial charge is 0.355 e. The lowest BCUT2D eigenvalue weighted by Gasteiger charge is -2.32. The maximum absolute atomic E-state index is 4.34. The molecule has 1 unspecified atom stereocenters. The summed E-state index contributed by atoms with van der Waals surface area (Å²) in [5, 5.41) is 9.08. The van der Waals surface area contributed by atoms with Gasteiger partial charge in [-0.3, -0.25) is 9.89 Å². The highest BCUT2D eigenvalue weighted by Crippen LogP contribution is 2.24. The van der Waals surface area contributed by atoms with E-state index in [0.717, 1.165) is 32.1 Å². The van der Waals surface area contributed by atoms with Crippen LogP contribution in [0.15, 0.2) is 28.6 Å². The van der Waals surface area contributed by atoms with Gasteiger partial charge in [-0.1, -0.05) is 0 Å². The van der Waals surface area contributed by atoms with Gasteiger partial charge in [0.1, 0.15) is 0 Å². The van der Waals surface area contributed by atoms with Gasteiger partial charge in [0.15, 0.2) is 5.96 Å². The molecule has 0 spiro atoms. The molecule has 2 N–H and O–H groups in total. The molecule has 0 fully saturated rings. The Hall–Kier alpha value is -0.640. The second kappa shape index (κ2) is 9.89. The molecule has 3 heterocycles. The van der Waals surface area contributed by atoms with Gasteiger partial charge in [-0.25, -0.2) is 0 Å². The average Bonchev–Trinajstić information content (AvgIpc) is 3.22. The van der Waals surface area contributed by atoms with Crippen LogP contribution in [-0.4, -0.2) is 37.0 Å². The van der Waals surface area contributed by atoms with Crippen molar-refractivity contribution in [1.82, 2.24) is 15.5 Å². The first-order chi connectivity index (χ1) is 11.7. The molecule has 1 aliphatic rings. The van der Waals surface area contributed by atoms with E-state index in [0.29, 0.717) is 6.04 Å². The van der Waals surface area contributed by atoms with Gasteiger partial charge in [0, 0.05) is 47.4 Å². The van der Waals surface area contributed by atoms with E-state index in [4.69, 9.17) is 0 Å². The van der Waals surface area contributed by atoms with Crippen LogP contribution in [-0.2, 0) is 19.5 Å². The number of hydrogen-bond acceptors (Lipinski definition) is 4. The zero-order valence-corrected chi connectivity index (χ0v) is 19.0. The minimum absolute atomic E-state index is 0. The van der Waals surface area contributed by atoms with Crippen LogP contribution < -0.4 is 10.6 Å². The van der Waals surface area contributed by atoms with Crippen molar-refractivity contribution < 1.29 is 0 Å². The molecule has 0 amide bonds. The molecular weight excluding hydrogens is 463 g/mol. The van der Waals surface area contributed by atoms with Crippen LogP contribution in [0.1, 0.15) is 27.1 Å². The van der Waals surface area contributed by atoms with Crippen molar-refractivity contribution in [1.29, 1.82) is 0 Å². The monoisotopic (exact) mass is 490 g/mol. The van der Waals surface area contributed by atoms with Gasteiger partial charge in [0.2, 0.25) is 0 Å². The van der Waals surface area contributed by atoms with Crippen LogP contribution in [0.2, 0.25) is 0 Å². The van der Waals surface area contributed by atoms with Crippen LogP contribution in [0.25, 0.3) is 0 Å². The Morgan fingerprint density at radius 2 is 2.16 bits per heavy atom. The molecule has 4 nitrogen and oxygen atoms in total. The van der Waals surface area contributed by atoms with Crippen LogP contribution in [0, 0.1) is 6.92 Å². The Morgan fingerprint density at radius 3 is 2.88 bits per heavy atom. The summed E-state index contributed by atoms with van der Waals surface area (Å²) in [6, 6.07) is 7.10. The maximum atomic E-state index is 4.34. The standard InChI is InChI=1S/C18H26N4S2.HI/c1-13(22-8-6-17-15(12-22)7-9-23-17)10-20-18(19-3)21-11-16-5-4-14(2)24-16;/h4-5,7,9,13H,6,8,10-12H2,1-3H3,(H2,19,20,21);1H. The highest BCUT2D eigenvalue weighted by atomic mass is 127. The molecule has 1 atom stereocenters. The first-order valence-corrected chi connectivity index (χ1v) is 10.1. The summed E-state index contributed by atoms with van der Waals surface area (Å²) >= 11 is 3.73. The third-order valence-corrected chi connectivity index (χ3v) is 6.50. The lowest BCUT2D eigenvalue weighted by Crippen LogP contribution is -2.46. The normalized spacial score (nSPS) is 16.0. The van der Waals surface area contributed by atoms with E-state index >= 15 is 0 Å². The molecule has 2 aromatic rings. The topological polar surface area (TPSA) is 39.7 Å². The zero-order chi connectivity index (χ0) is 16.9. The number of hydrogen-bond donors (Lipinski definition) is 2. The summed E-state index contributed by atoms with van der Waals surface area (Å²) in [5.41, 5.74) is 1.51. The molecule has 2 aromatic heterocycles. The van der Waals surface area contributed by atoms with Crippen LogP contribution >= 0.6 is 46.7 Å². The molecule has 1 aliphatic heterocycles. The molecule has 7 heteroatoms. The number of aryl methyl sites for hydroxylation is 1. The van der Waals surface area contributed by atoms with Crippen LogP contribution in [0.3, 0.4) is 0 Å². The average molecular weight is 490 g/mol. The fourth-order valence-electron chi connectivity index (χ4n) is 2.99. The minimum Gasteiger partial charge on any atom is -0.355 e. The zero-order valence-electron chi connectivity index (χ0n) is 15.0. The lowest BCUT2D eigenvalue weighted by atomic mass is 10.1. The second-order valence-corrected chi connectivity index (χ2v) is 8.63. The van der Waals surface area contributed by atoms with Gasteiger partial charge in [0.05, 0.1) is 6.54 Å². The van der Waals surface area contributed by atoms with Crippen molar-refractivity contribution in [2.45, 2.75) is 39.4 Å². The van der Waals surface area contributed by atoms with Gasteiger partial charge in [0.25, 0.3) is 0 Å². The van der Waals surface area contributed by atoms with Gasteiger partial charge in [-0.05, 0) is 49.4 Å². The van der Waals surface area contributed by atoms with Crippen molar-refractivity contribution in [2.75, 3.05) is 20.1 Å². The third kappa shape index (κ3) is 5.67. The van der Waals surface area contributed by atoms with Gasteiger partial charge >= 0.3 is 0 Å². The maximum Gasteiger partial charge on any atom is 0.191 e. The Bertz CT molecular complexity index is 695. The highest BCUT2D eigenvalue weighted by molar-refractivity contribution is 14.0. The number of nitrogens with zero attached hydrogens (tertiary/aromatic N) is 2. The summed E-state index contributed by atoms with van der Waals surface area (Å²) in [7, 11) is 1.83. The molecule has 25 heavy (non-hydrogen) atoms. The van der Waals surface area contributed by atoms with Crippen molar-refractivity contribution in [2.24, 2.45) is 4.99 Å². The quantitative estimate of drug-likeness (QED) is 0.380. The van der Waals surface area contributed by atoms with Crippen molar-refractivity contribution in [3.8, 4) is 0 Å². The van der Waals surface area contributed by atoms with E-state index < -0.39 is 0 Å². The van der Waals surface area contributed by atoms with Gasteiger partial charge in [-0.2, -0.15) is 0 Å². The summed E-state index contributed by atoms with van der Waals surface area (Å²) in [4.78, 5) is 11.1. The molecule has 0 radical (unpaired) electrons. The number of aliphatic imine (C=N–C) groups is 1. The number of fused-ring (bicyclic) bond motifs is 1. The minimum atomic E-state index is 0. The number of rotatable bonds is 5. The molecule has 0 saturated carbocycles. The summed E-state index contributed by atoms with van der Waals surface area (Å²) in [5.74, 6) is 0.876. The number of halogens is 1. The first kappa shape index (κ1) is 20.7. The second-order valence-electron chi connectivity index (χ2n) is 6.26. The van der Waals surface area contributed by atoms with E-state index in [1.54, 1.807) is 4.88 Å². The van der Waals surface area contributed by atoms with Crippen LogP contribution in [0.4, 0.5) is 0 Å². The van der Waals surface area contributed by atoms with Crippen molar-refractivity contribution in [3.05, 3.63) is 43.8 Å². The SMILES string of the molecule is CN=C(NCc1ccc(C)s1)NCC(C)N1CCc2sccc2C1.I. The van der Waals surface area contributed by atoms with Crippen molar-refractivity contribution >= 4 is 52.6 Å². The predicted molar refractivity (Wildman–Crippen MR) is 121 cm³/mol. The Balaban J connectivity index is 0.00000225. The fraction of sp³-hybridized carbons (Fsp3) is 0.500. The Labute approximate surface area is 175 Å². The molecule has 138 valence electrons.